The second kappa shape index (κ2) is 5.57. The van der Waals surface area contributed by atoms with E-state index in [1.807, 2.05) is 0 Å². The fourth-order valence-corrected chi connectivity index (χ4v) is 1.96. The summed E-state index contributed by atoms with van der Waals surface area (Å²) in [4.78, 5) is 15.2. The number of cyclic esters (lactones) is 1. The summed E-state index contributed by atoms with van der Waals surface area (Å²) in [7, 11) is 0. The first-order chi connectivity index (χ1) is 9.02. The summed E-state index contributed by atoms with van der Waals surface area (Å²) in [6.45, 7) is 0.0609. The molecule has 1 atom stereocenters. The third-order valence-corrected chi connectivity index (χ3v) is 3.53. The molecule has 100 valence electrons. The summed E-state index contributed by atoms with van der Waals surface area (Å²) in [5, 5.41) is 3.29. The molecule has 1 saturated heterocycles. The Morgan fingerprint density at radius 2 is 2.16 bits per heavy atom. The zero-order valence-corrected chi connectivity index (χ0v) is 11.5. The molecular formula is C10H7F2IN4O2. The third-order valence-electron chi connectivity index (χ3n) is 2.50. The SMILES string of the molecule is [N-]=[N+]=NCC1CN(c2cc(F)c(I)c(F)c2)C(=O)O1. The fraction of sp³-hybridized carbons (Fsp3) is 0.300. The summed E-state index contributed by atoms with van der Waals surface area (Å²) >= 11 is 1.54. The van der Waals surface area contributed by atoms with E-state index in [0.29, 0.717) is 0 Å². The van der Waals surface area contributed by atoms with Gasteiger partial charge >= 0.3 is 6.09 Å². The average molecular weight is 380 g/mol. The van der Waals surface area contributed by atoms with E-state index < -0.39 is 23.8 Å². The topological polar surface area (TPSA) is 78.3 Å². The molecule has 0 bridgehead atoms. The second-order valence-electron chi connectivity index (χ2n) is 3.75. The van der Waals surface area contributed by atoms with E-state index in [4.69, 9.17) is 10.3 Å². The maximum absolute atomic E-state index is 13.4. The minimum atomic E-state index is -0.748. The van der Waals surface area contributed by atoms with Gasteiger partial charge in [0, 0.05) is 4.91 Å². The van der Waals surface area contributed by atoms with Gasteiger partial charge in [-0.15, -0.1) is 0 Å². The summed E-state index contributed by atoms with van der Waals surface area (Å²) < 4.78 is 31.6. The number of ether oxygens (including phenoxy) is 1. The van der Waals surface area contributed by atoms with Gasteiger partial charge in [-0.2, -0.15) is 0 Å². The molecule has 1 aliphatic rings. The first-order valence-corrected chi connectivity index (χ1v) is 6.24. The van der Waals surface area contributed by atoms with Gasteiger partial charge < -0.3 is 4.74 Å². The van der Waals surface area contributed by atoms with Crippen molar-refractivity contribution in [2.24, 2.45) is 5.11 Å². The molecule has 1 unspecified atom stereocenters. The van der Waals surface area contributed by atoms with Crippen molar-refractivity contribution in [3.05, 3.63) is 37.8 Å². The molecule has 0 aromatic heterocycles. The van der Waals surface area contributed by atoms with Crippen molar-refractivity contribution >= 4 is 34.4 Å². The number of benzene rings is 1. The molecule has 0 N–H and O–H groups in total. The maximum atomic E-state index is 13.4. The minimum Gasteiger partial charge on any atom is -0.444 e. The van der Waals surface area contributed by atoms with Crippen LogP contribution in [0.3, 0.4) is 0 Å². The Bertz CT molecular complexity index is 554. The Labute approximate surface area is 120 Å². The highest BCUT2D eigenvalue weighted by Crippen LogP contribution is 2.26. The molecule has 0 radical (unpaired) electrons. The van der Waals surface area contributed by atoms with E-state index in [1.165, 1.54) is 22.6 Å². The van der Waals surface area contributed by atoms with Crippen molar-refractivity contribution in [2.45, 2.75) is 6.10 Å². The van der Waals surface area contributed by atoms with Crippen molar-refractivity contribution in [3.63, 3.8) is 0 Å². The van der Waals surface area contributed by atoms with E-state index in [-0.39, 0.29) is 22.3 Å². The van der Waals surface area contributed by atoms with Gasteiger partial charge in [-0.3, -0.25) is 4.90 Å². The van der Waals surface area contributed by atoms with E-state index in [9.17, 15) is 13.6 Å². The van der Waals surface area contributed by atoms with Crippen LogP contribution in [0.15, 0.2) is 17.2 Å². The summed E-state index contributed by atoms with van der Waals surface area (Å²) in [5.41, 5.74) is 8.26. The summed E-state index contributed by atoms with van der Waals surface area (Å²) in [6, 6.07) is 2.12. The largest absolute Gasteiger partial charge is 0.444 e. The van der Waals surface area contributed by atoms with Crippen LogP contribution in [0.25, 0.3) is 10.4 Å². The van der Waals surface area contributed by atoms with Gasteiger partial charge in [0.05, 0.1) is 22.3 Å². The van der Waals surface area contributed by atoms with Gasteiger partial charge in [-0.25, -0.2) is 13.6 Å². The molecule has 0 aliphatic carbocycles. The zero-order chi connectivity index (χ0) is 14.0. The maximum Gasteiger partial charge on any atom is 0.414 e. The van der Waals surface area contributed by atoms with E-state index in [1.54, 1.807) is 0 Å². The molecule has 0 saturated carbocycles. The monoisotopic (exact) mass is 380 g/mol. The predicted octanol–water partition coefficient (Wildman–Crippen LogP) is 3.20. The van der Waals surface area contributed by atoms with Gasteiger partial charge in [-0.1, -0.05) is 5.11 Å². The van der Waals surface area contributed by atoms with Gasteiger partial charge in [-0.05, 0) is 40.3 Å². The van der Waals surface area contributed by atoms with E-state index in [0.717, 1.165) is 17.0 Å². The number of anilines is 1. The number of halogens is 3. The Morgan fingerprint density at radius 1 is 1.53 bits per heavy atom. The van der Waals surface area contributed by atoms with Crippen molar-refractivity contribution in [2.75, 3.05) is 18.0 Å². The molecule has 1 aromatic carbocycles. The molecule has 19 heavy (non-hydrogen) atoms. The van der Waals surface area contributed by atoms with Crippen LogP contribution in [-0.4, -0.2) is 25.3 Å². The molecule has 0 spiro atoms. The normalized spacial score (nSPS) is 18.2. The van der Waals surface area contributed by atoms with Crippen LogP contribution in [0.2, 0.25) is 0 Å². The lowest BCUT2D eigenvalue weighted by Gasteiger charge is -2.13. The number of carbonyl (C=O) groups excluding carboxylic acids is 1. The standard InChI is InChI=1S/C10H7F2IN4O2/c11-7-1-5(2-8(12)9(7)13)17-4-6(3-15-16-14)19-10(17)18/h1-2,6H,3-4H2. The Balaban J connectivity index is 2.23. The molecule has 1 aromatic rings. The molecule has 1 amide bonds. The van der Waals surface area contributed by atoms with Gasteiger partial charge in [0.2, 0.25) is 0 Å². The number of rotatable bonds is 3. The quantitative estimate of drug-likeness (QED) is 0.266. The lowest BCUT2D eigenvalue weighted by Crippen LogP contribution is -2.25. The van der Waals surface area contributed by atoms with Crippen LogP contribution >= 0.6 is 22.6 Å². The smallest absolute Gasteiger partial charge is 0.414 e. The molecule has 9 heteroatoms. The third kappa shape index (κ3) is 2.87. The van der Waals surface area contributed by atoms with Crippen LogP contribution < -0.4 is 4.90 Å². The number of nitrogens with zero attached hydrogens (tertiary/aromatic N) is 4. The molecule has 1 heterocycles. The average Bonchev–Trinajstić information content (AvgIpc) is 2.74. The summed E-state index contributed by atoms with van der Waals surface area (Å²) in [6.07, 6.45) is -1.34. The summed E-state index contributed by atoms with van der Waals surface area (Å²) in [5.74, 6) is -1.50. The first kappa shape index (κ1) is 13.8. The van der Waals surface area contributed by atoms with Crippen LogP contribution in [0.4, 0.5) is 19.3 Å². The number of hydrogen-bond acceptors (Lipinski definition) is 3. The van der Waals surface area contributed by atoms with Crippen molar-refractivity contribution in [1.82, 2.24) is 0 Å². The van der Waals surface area contributed by atoms with Crippen LogP contribution in [0, 0.1) is 15.2 Å². The molecule has 6 nitrogen and oxygen atoms in total. The Kier molecular flexibility index (Phi) is 4.05. The number of amides is 1. The van der Waals surface area contributed by atoms with Crippen LogP contribution in [0.1, 0.15) is 0 Å². The predicted molar refractivity (Wildman–Crippen MR) is 70.7 cm³/mol. The van der Waals surface area contributed by atoms with E-state index in [2.05, 4.69) is 10.0 Å². The van der Waals surface area contributed by atoms with Crippen LogP contribution in [0.5, 0.6) is 0 Å². The highest BCUT2D eigenvalue weighted by molar-refractivity contribution is 14.1. The number of carbonyl (C=O) groups is 1. The fourth-order valence-electron chi connectivity index (χ4n) is 1.65. The zero-order valence-electron chi connectivity index (χ0n) is 9.39. The van der Waals surface area contributed by atoms with Gasteiger partial charge in [0.1, 0.15) is 17.7 Å². The minimum absolute atomic E-state index is 0.0198. The Morgan fingerprint density at radius 3 is 2.74 bits per heavy atom. The number of azide groups is 1. The van der Waals surface area contributed by atoms with Crippen molar-refractivity contribution < 1.29 is 18.3 Å². The van der Waals surface area contributed by atoms with Crippen LogP contribution in [-0.2, 0) is 4.74 Å². The molecule has 1 fully saturated rings. The van der Waals surface area contributed by atoms with E-state index >= 15 is 0 Å². The van der Waals surface area contributed by atoms with Gasteiger partial charge in [0.25, 0.3) is 0 Å². The highest BCUT2D eigenvalue weighted by atomic mass is 127. The lowest BCUT2D eigenvalue weighted by atomic mass is 10.2. The first-order valence-electron chi connectivity index (χ1n) is 5.16. The Hall–Kier alpha value is -1.61. The van der Waals surface area contributed by atoms with Crippen molar-refractivity contribution in [3.8, 4) is 0 Å². The second-order valence-corrected chi connectivity index (χ2v) is 4.83. The molecular weight excluding hydrogens is 373 g/mol. The molecule has 2 rings (SSSR count). The molecule has 1 aliphatic heterocycles. The number of hydrogen-bond donors (Lipinski definition) is 0. The van der Waals surface area contributed by atoms with Gasteiger partial charge in [0.15, 0.2) is 0 Å². The lowest BCUT2D eigenvalue weighted by molar-refractivity contribution is 0.145. The van der Waals surface area contributed by atoms with Crippen molar-refractivity contribution in [1.29, 1.82) is 0 Å². The highest BCUT2D eigenvalue weighted by Gasteiger charge is 2.32.